The summed E-state index contributed by atoms with van der Waals surface area (Å²) in [4.78, 5) is 13.7. The molecule has 6 nitrogen and oxygen atoms in total. The SMILES string of the molecule is CC(C(=O)O)(c1cc(O)cc(O)c1)N1CCCNCC1. The molecule has 1 aromatic rings. The van der Waals surface area contributed by atoms with E-state index in [0.29, 0.717) is 25.2 Å². The number of rotatable bonds is 3. The fraction of sp³-hybridized carbons (Fsp3) is 0.500. The second kappa shape index (κ2) is 5.68. The molecule has 110 valence electrons. The molecule has 0 spiro atoms. The van der Waals surface area contributed by atoms with Crippen LogP contribution in [-0.4, -0.2) is 52.4 Å². The van der Waals surface area contributed by atoms with E-state index in [4.69, 9.17) is 0 Å². The van der Waals surface area contributed by atoms with Crippen molar-refractivity contribution >= 4 is 5.97 Å². The van der Waals surface area contributed by atoms with Gasteiger partial charge in [0.2, 0.25) is 0 Å². The second-order valence-electron chi connectivity index (χ2n) is 5.21. The van der Waals surface area contributed by atoms with E-state index in [-0.39, 0.29) is 11.5 Å². The van der Waals surface area contributed by atoms with Crippen LogP contribution in [0.2, 0.25) is 0 Å². The van der Waals surface area contributed by atoms with Gasteiger partial charge in [-0.05, 0) is 37.6 Å². The van der Waals surface area contributed by atoms with Crippen LogP contribution in [0.5, 0.6) is 11.5 Å². The topological polar surface area (TPSA) is 93.0 Å². The first-order valence-corrected chi connectivity index (χ1v) is 6.67. The number of hydrogen-bond donors (Lipinski definition) is 4. The molecule has 1 aliphatic rings. The molecular weight excluding hydrogens is 260 g/mol. The van der Waals surface area contributed by atoms with Gasteiger partial charge in [-0.3, -0.25) is 4.90 Å². The van der Waals surface area contributed by atoms with Crippen LogP contribution in [0.3, 0.4) is 0 Å². The van der Waals surface area contributed by atoms with Gasteiger partial charge in [-0.25, -0.2) is 4.79 Å². The van der Waals surface area contributed by atoms with Crippen LogP contribution in [0.25, 0.3) is 0 Å². The molecule has 0 amide bonds. The number of benzene rings is 1. The van der Waals surface area contributed by atoms with Crippen molar-refractivity contribution in [3.05, 3.63) is 23.8 Å². The molecule has 0 radical (unpaired) electrons. The fourth-order valence-electron chi connectivity index (χ4n) is 2.61. The third-order valence-electron chi connectivity index (χ3n) is 3.85. The van der Waals surface area contributed by atoms with Crippen LogP contribution in [0.1, 0.15) is 18.9 Å². The predicted octanol–water partition coefficient (Wildman–Crippen LogP) is 0.693. The molecule has 1 fully saturated rings. The molecule has 1 aliphatic heterocycles. The zero-order valence-electron chi connectivity index (χ0n) is 11.5. The molecule has 1 aromatic carbocycles. The van der Waals surface area contributed by atoms with Gasteiger partial charge in [0.25, 0.3) is 0 Å². The zero-order chi connectivity index (χ0) is 14.8. The van der Waals surface area contributed by atoms with Crippen LogP contribution in [0.15, 0.2) is 18.2 Å². The van der Waals surface area contributed by atoms with Crippen molar-refractivity contribution in [1.82, 2.24) is 10.2 Å². The number of phenolic OH excluding ortho intramolecular Hbond substituents is 2. The van der Waals surface area contributed by atoms with E-state index in [2.05, 4.69) is 5.32 Å². The van der Waals surface area contributed by atoms with Crippen LogP contribution < -0.4 is 5.32 Å². The van der Waals surface area contributed by atoms with Crippen molar-refractivity contribution < 1.29 is 20.1 Å². The number of nitrogens with one attached hydrogen (secondary N) is 1. The smallest absolute Gasteiger partial charge is 0.328 e. The van der Waals surface area contributed by atoms with Crippen molar-refractivity contribution in [1.29, 1.82) is 0 Å². The first kappa shape index (κ1) is 14.6. The third kappa shape index (κ3) is 2.71. The maximum absolute atomic E-state index is 11.8. The summed E-state index contributed by atoms with van der Waals surface area (Å²) in [7, 11) is 0. The molecular formula is C14H20N2O4. The largest absolute Gasteiger partial charge is 0.508 e. The van der Waals surface area contributed by atoms with Crippen molar-refractivity contribution in [2.75, 3.05) is 26.2 Å². The summed E-state index contributed by atoms with van der Waals surface area (Å²) in [5, 5.41) is 32.1. The highest BCUT2D eigenvalue weighted by Gasteiger charge is 2.41. The Labute approximate surface area is 117 Å². The molecule has 1 heterocycles. The quantitative estimate of drug-likeness (QED) is 0.651. The van der Waals surface area contributed by atoms with Crippen molar-refractivity contribution in [2.24, 2.45) is 0 Å². The summed E-state index contributed by atoms with van der Waals surface area (Å²) in [6, 6.07) is 3.98. The normalized spacial score (nSPS) is 20.1. The predicted molar refractivity (Wildman–Crippen MR) is 73.8 cm³/mol. The Bertz CT molecular complexity index is 478. The Hall–Kier alpha value is -1.79. The first-order chi connectivity index (χ1) is 9.44. The summed E-state index contributed by atoms with van der Waals surface area (Å²) in [5.74, 6) is -1.27. The average molecular weight is 280 g/mol. The number of nitrogens with zero attached hydrogens (tertiary/aromatic N) is 1. The van der Waals surface area contributed by atoms with Crippen molar-refractivity contribution in [3.63, 3.8) is 0 Å². The second-order valence-corrected chi connectivity index (χ2v) is 5.21. The lowest BCUT2D eigenvalue weighted by Crippen LogP contribution is -2.51. The maximum atomic E-state index is 11.8. The molecule has 4 N–H and O–H groups in total. The Morgan fingerprint density at radius 2 is 1.85 bits per heavy atom. The molecule has 0 saturated carbocycles. The molecule has 0 aliphatic carbocycles. The molecule has 1 saturated heterocycles. The standard InChI is InChI=1S/C14H20N2O4/c1-14(13(19)20,16-5-2-3-15-4-6-16)10-7-11(17)9-12(18)8-10/h7-9,15,17-18H,2-6H2,1H3,(H,19,20). The number of carbonyl (C=O) groups is 1. The molecule has 2 rings (SSSR count). The average Bonchev–Trinajstić information content (AvgIpc) is 2.65. The molecule has 1 unspecified atom stereocenters. The molecule has 0 aromatic heterocycles. The summed E-state index contributed by atoms with van der Waals surface area (Å²) in [6.07, 6.45) is 0.855. The number of carboxylic acids is 1. The van der Waals surface area contributed by atoms with Crippen LogP contribution in [-0.2, 0) is 10.3 Å². The number of phenols is 2. The minimum absolute atomic E-state index is 0.138. The fourth-order valence-corrected chi connectivity index (χ4v) is 2.61. The highest BCUT2D eigenvalue weighted by molar-refractivity contribution is 5.80. The van der Waals surface area contributed by atoms with E-state index in [0.717, 1.165) is 13.0 Å². The summed E-state index contributed by atoms with van der Waals surface area (Å²) in [5.41, 5.74) is -0.896. The van der Waals surface area contributed by atoms with E-state index in [1.807, 2.05) is 4.90 Å². The van der Waals surface area contributed by atoms with Gasteiger partial charge in [0.15, 0.2) is 0 Å². The van der Waals surface area contributed by atoms with Gasteiger partial charge in [0.1, 0.15) is 17.0 Å². The minimum atomic E-state index is -1.28. The Balaban J connectivity index is 2.44. The Morgan fingerprint density at radius 1 is 1.20 bits per heavy atom. The lowest BCUT2D eigenvalue weighted by molar-refractivity contribution is -0.151. The van der Waals surface area contributed by atoms with Gasteiger partial charge in [-0.1, -0.05) is 0 Å². The van der Waals surface area contributed by atoms with Gasteiger partial charge >= 0.3 is 5.97 Å². The molecule has 20 heavy (non-hydrogen) atoms. The van der Waals surface area contributed by atoms with E-state index >= 15 is 0 Å². The lowest BCUT2D eigenvalue weighted by atomic mass is 9.89. The highest BCUT2D eigenvalue weighted by atomic mass is 16.4. The van der Waals surface area contributed by atoms with Crippen LogP contribution >= 0.6 is 0 Å². The van der Waals surface area contributed by atoms with Gasteiger partial charge < -0.3 is 20.6 Å². The molecule has 6 heteroatoms. The van der Waals surface area contributed by atoms with Gasteiger partial charge in [-0.2, -0.15) is 0 Å². The number of aromatic hydroxyl groups is 2. The van der Waals surface area contributed by atoms with Crippen LogP contribution in [0, 0.1) is 0 Å². The number of carboxylic acid groups (broad SMARTS) is 1. The molecule has 0 bridgehead atoms. The summed E-state index contributed by atoms with van der Waals surface area (Å²) < 4.78 is 0. The maximum Gasteiger partial charge on any atom is 0.328 e. The van der Waals surface area contributed by atoms with Gasteiger partial charge in [0.05, 0.1) is 0 Å². The van der Waals surface area contributed by atoms with Gasteiger partial charge in [-0.15, -0.1) is 0 Å². The van der Waals surface area contributed by atoms with E-state index in [9.17, 15) is 20.1 Å². The molecule has 1 atom stereocenters. The van der Waals surface area contributed by atoms with Gasteiger partial charge in [0, 0.05) is 25.7 Å². The zero-order valence-corrected chi connectivity index (χ0v) is 11.5. The first-order valence-electron chi connectivity index (χ1n) is 6.67. The minimum Gasteiger partial charge on any atom is -0.508 e. The highest BCUT2D eigenvalue weighted by Crippen LogP contribution is 2.34. The Kier molecular flexibility index (Phi) is 4.15. The van der Waals surface area contributed by atoms with E-state index in [1.54, 1.807) is 6.92 Å². The lowest BCUT2D eigenvalue weighted by Gasteiger charge is -2.37. The summed E-state index contributed by atoms with van der Waals surface area (Å²) in [6.45, 7) is 4.42. The Morgan fingerprint density at radius 3 is 2.45 bits per heavy atom. The van der Waals surface area contributed by atoms with E-state index < -0.39 is 11.5 Å². The third-order valence-corrected chi connectivity index (χ3v) is 3.85. The summed E-state index contributed by atoms with van der Waals surface area (Å²) >= 11 is 0. The van der Waals surface area contributed by atoms with Crippen LogP contribution in [0.4, 0.5) is 0 Å². The number of hydrogen-bond acceptors (Lipinski definition) is 5. The number of aliphatic carboxylic acids is 1. The van der Waals surface area contributed by atoms with E-state index in [1.165, 1.54) is 18.2 Å². The van der Waals surface area contributed by atoms with Crippen molar-refractivity contribution in [3.8, 4) is 11.5 Å². The van der Waals surface area contributed by atoms with Crippen molar-refractivity contribution in [2.45, 2.75) is 18.9 Å². The monoisotopic (exact) mass is 280 g/mol.